The number of fused-ring (bicyclic) bond motifs is 2. The quantitative estimate of drug-likeness (QED) is 0.205. The van der Waals surface area contributed by atoms with Gasteiger partial charge in [-0.15, -0.1) is 5.10 Å². The Labute approximate surface area is 336 Å². The van der Waals surface area contributed by atoms with Crippen LogP contribution in [0.3, 0.4) is 0 Å². The second kappa shape index (κ2) is 14.4. The number of aliphatic hydroxyl groups is 1. The zero-order valence-corrected chi connectivity index (χ0v) is 32.2. The van der Waals surface area contributed by atoms with Crippen LogP contribution in [0.1, 0.15) is 51.2 Å². The summed E-state index contributed by atoms with van der Waals surface area (Å²) in [6, 6.07) is 11.6. The van der Waals surface area contributed by atoms with E-state index in [1.165, 1.54) is 38.7 Å². The topological polar surface area (TPSA) is 151 Å². The molecule has 1 spiro atoms. The summed E-state index contributed by atoms with van der Waals surface area (Å²) in [5.41, 5.74) is 3.35. The molecule has 3 saturated heterocycles. The summed E-state index contributed by atoms with van der Waals surface area (Å²) in [6.45, 7) is 0.861. The second-order valence-corrected chi connectivity index (χ2v) is 15.9. The standard InChI is InChI=1S/C40H40ClF3N10O4/c1-45-29-18-33(49-54-32(19-46-35(29)54)36(56)47-28-17-27(28)42)52-13-9-25-23(4-2-6-30(25)52)5-3-12-50-20-39(21-50)11-15-51(22-40(39,43)44)37(57)24-7-8-26(41)31(16-24)53-14-10-34(55)48-38(53)58/h2,4,6-8,16,18-19,27-28,38,45,58H,9-15,17,20-22H2,1H3,(H,47,56)(H,48,55)/t27-,28+,38?/m0/s1. The molecule has 9 rings (SSSR count). The summed E-state index contributed by atoms with van der Waals surface area (Å²) in [4.78, 5) is 49.1. The fourth-order valence-corrected chi connectivity index (χ4v) is 8.69. The van der Waals surface area contributed by atoms with Gasteiger partial charge in [0.1, 0.15) is 6.17 Å². The van der Waals surface area contributed by atoms with Crippen molar-refractivity contribution in [2.75, 3.05) is 68.0 Å². The van der Waals surface area contributed by atoms with Crippen molar-refractivity contribution < 1.29 is 32.7 Å². The number of nitrogens with one attached hydrogen (secondary N) is 3. The summed E-state index contributed by atoms with van der Waals surface area (Å²) in [7, 11) is 1.76. The van der Waals surface area contributed by atoms with Gasteiger partial charge < -0.3 is 35.8 Å². The molecule has 4 N–H and O–H groups in total. The minimum atomic E-state index is -3.13. The van der Waals surface area contributed by atoms with E-state index < -0.39 is 48.3 Å². The molecule has 3 amide bonds. The third-order valence-corrected chi connectivity index (χ3v) is 12.2. The molecule has 18 heteroatoms. The lowest BCUT2D eigenvalue weighted by molar-refractivity contribution is -0.216. The first-order valence-corrected chi connectivity index (χ1v) is 19.6. The van der Waals surface area contributed by atoms with Crippen molar-refractivity contribution >= 4 is 57.8 Å². The van der Waals surface area contributed by atoms with Crippen molar-refractivity contribution in [2.45, 2.75) is 50.2 Å². The summed E-state index contributed by atoms with van der Waals surface area (Å²) in [6.07, 6.45) is 0.307. The number of nitrogens with zero attached hydrogens (tertiary/aromatic N) is 7. The van der Waals surface area contributed by atoms with Crippen LogP contribution in [0.5, 0.6) is 0 Å². The minimum absolute atomic E-state index is 0.125. The number of carbonyl (C=O) groups is 3. The Bertz CT molecular complexity index is 2410. The third-order valence-electron chi connectivity index (χ3n) is 11.8. The van der Waals surface area contributed by atoms with E-state index in [0.717, 1.165) is 16.8 Å². The molecule has 4 aliphatic heterocycles. The van der Waals surface area contributed by atoms with Crippen LogP contribution in [0.4, 0.5) is 36.1 Å². The molecule has 6 heterocycles. The van der Waals surface area contributed by atoms with E-state index in [0.29, 0.717) is 48.8 Å². The number of piperidine rings is 1. The van der Waals surface area contributed by atoms with Crippen molar-refractivity contribution in [3.63, 3.8) is 0 Å². The van der Waals surface area contributed by atoms with Crippen LogP contribution >= 0.6 is 11.6 Å². The van der Waals surface area contributed by atoms with E-state index in [2.05, 4.69) is 32.8 Å². The number of imidazole rings is 1. The van der Waals surface area contributed by atoms with Gasteiger partial charge in [-0.25, -0.2) is 22.7 Å². The Morgan fingerprint density at radius 1 is 1.09 bits per heavy atom. The Morgan fingerprint density at radius 2 is 1.90 bits per heavy atom. The summed E-state index contributed by atoms with van der Waals surface area (Å²) in [5, 5.41) is 23.6. The van der Waals surface area contributed by atoms with Gasteiger partial charge in [0.05, 0.1) is 47.1 Å². The van der Waals surface area contributed by atoms with Crippen LogP contribution in [0, 0.1) is 17.3 Å². The van der Waals surface area contributed by atoms with E-state index >= 15 is 8.78 Å². The molecular formula is C40H40ClF3N10O4. The van der Waals surface area contributed by atoms with Gasteiger partial charge in [0, 0.05) is 75.5 Å². The number of alkyl halides is 3. The summed E-state index contributed by atoms with van der Waals surface area (Å²) in [5.74, 6) is 2.60. The van der Waals surface area contributed by atoms with Crippen molar-refractivity contribution in [3.05, 3.63) is 76.1 Å². The maximum Gasteiger partial charge on any atom is 0.273 e. The highest BCUT2D eigenvalue weighted by atomic mass is 35.5. The Hall–Kier alpha value is -5.57. The zero-order valence-electron chi connectivity index (χ0n) is 31.4. The summed E-state index contributed by atoms with van der Waals surface area (Å²) >= 11 is 6.37. The van der Waals surface area contributed by atoms with E-state index in [1.807, 2.05) is 34.1 Å². The van der Waals surface area contributed by atoms with Crippen molar-refractivity contribution in [1.29, 1.82) is 0 Å². The van der Waals surface area contributed by atoms with Gasteiger partial charge in [0.15, 0.2) is 17.2 Å². The van der Waals surface area contributed by atoms with E-state index in [4.69, 9.17) is 16.7 Å². The Morgan fingerprint density at radius 3 is 2.64 bits per heavy atom. The SMILES string of the molecule is CNc1cc(N2CCc3c(C#CCN4CC5(CCN(C(=O)c6ccc(Cl)c(N7CCC(=O)NC7O)c6)CC5(F)F)C4)cccc32)nn2c(C(=O)N[C@@H]3C[C@@H]3F)cnc12. The monoisotopic (exact) mass is 816 g/mol. The smallest absolute Gasteiger partial charge is 0.273 e. The fraction of sp³-hybridized carbons (Fsp3) is 0.425. The maximum atomic E-state index is 15.9. The molecule has 1 aliphatic carbocycles. The zero-order chi connectivity index (χ0) is 40.5. The first-order chi connectivity index (χ1) is 27.8. The number of anilines is 4. The van der Waals surface area contributed by atoms with Crippen molar-refractivity contribution in [2.24, 2.45) is 5.41 Å². The van der Waals surface area contributed by atoms with Crippen LogP contribution in [0.2, 0.25) is 5.02 Å². The van der Waals surface area contributed by atoms with Gasteiger partial charge in [0.2, 0.25) is 12.3 Å². The first-order valence-electron chi connectivity index (χ1n) is 19.2. The number of hydrogen-bond donors (Lipinski definition) is 4. The Balaban J connectivity index is 0.844. The number of amides is 3. The lowest BCUT2D eigenvalue weighted by Crippen LogP contribution is -2.70. The molecule has 4 fully saturated rings. The number of benzene rings is 2. The van der Waals surface area contributed by atoms with E-state index in [1.54, 1.807) is 7.05 Å². The molecule has 1 unspecified atom stereocenters. The molecular weight excluding hydrogens is 777 g/mol. The largest absolute Gasteiger partial charge is 0.385 e. The maximum absolute atomic E-state index is 15.9. The molecule has 0 radical (unpaired) electrons. The first kappa shape index (κ1) is 38.0. The van der Waals surface area contributed by atoms with Gasteiger partial charge in [-0.05, 0) is 48.7 Å². The highest BCUT2D eigenvalue weighted by Gasteiger charge is 2.62. The second-order valence-electron chi connectivity index (χ2n) is 15.5. The molecule has 2 aromatic heterocycles. The third kappa shape index (κ3) is 6.62. The lowest BCUT2D eigenvalue weighted by Gasteiger charge is -2.57. The fourth-order valence-electron chi connectivity index (χ4n) is 8.46. The van der Waals surface area contributed by atoms with Gasteiger partial charge in [0.25, 0.3) is 17.7 Å². The number of aromatic nitrogens is 3. The predicted molar refractivity (Wildman–Crippen MR) is 209 cm³/mol. The average Bonchev–Trinajstić information content (AvgIpc) is 3.51. The number of carbonyl (C=O) groups excluding carboxylic acids is 3. The number of hydrogen-bond acceptors (Lipinski definition) is 10. The van der Waals surface area contributed by atoms with Crippen LogP contribution in [-0.4, -0.2) is 125 Å². The Kier molecular flexibility index (Phi) is 9.40. The van der Waals surface area contributed by atoms with Gasteiger partial charge in [-0.2, -0.15) is 0 Å². The normalized spacial score (nSPS) is 23.2. The van der Waals surface area contributed by atoms with Gasteiger partial charge in [-0.1, -0.05) is 29.5 Å². The molecule has 302 valence electrons. The van der Waals surface area contributed by atoms with Crippen molar-refractivity contribution in [1.82, 2.24) is 35.0 Å². The molecule has 3 atom stereocenters. The number of halogens is 4. The van der Waals surface area contributed by atoms with Crippen LogP contribution < -0.4 is 25.8 Å². The highest BCUT2D eigenvalue weighted by molar-refractivity contribution is 6.33. The van der Waals surface area contributed by atoms with Crippen LogP contribution in [0.25, 0.3) is 5.65 Å². The number of likely N-dealkylation sites (tertiary alicyclic amines) is 2. The molecule has 5 aliphatic rings. The predicted octanol–water partition coefficient (Wildman–Crippen LogP) is 3.40. The van der Waals surface area contributed by atoms with E-state index in [-0.39, 0.29) is 61.2 Å². The average molecular weight is 817 g/mol. The number of rotatable bonds is 7. The lowest BCUT2D eigenvalue weighted by atomic mass is 9.69. The van der Waals surface area contributed by atoms with Crippen molar-refractivity contribution in [3.8, 4) is 11.8 Å². The molecule has 0 bridgehead atoms. The molecule has 58 heavy (non-hydrogen) atoms. The summed E-state index contributed by atoms with van der Waals surface area (Å²) < 4.78 is 46.7. The molecule has 4 aromatic rings. The van der Waals surface area contributed by atoms with Crippen LogP contribution in [0.15, 0.2) is 48.7 Å². The van der Waals surface area contributed by atoms with Crippen LogP contribution in [-0.2, 0) is 11.2 Å². The van der Waals surface area contributed by atoms with Gasteiger partial charge in [-0.3, -0.25) is 19.3 Å². The van der Waals surface area contributed by atoms with E-state index in [9.17, 15) is 23.9 Å². The molecule has 1 saturated carbocycles. The molecule has 14 nitrogen and oxygen atoms in total. The minimum Gasteiger partial charge on any atom is -0.385 e. The highest BCUT2D eigenvalue weighted by Crippen LogP contribution is 2.50. The van der Waals surface area contributed by atoms with Gasteiger partial charge >= 0.3 is 0 Å². The molecule has 2 aromatic carbocycles. The number of aliphatic hydroxyl groups excluding tert-OH is 1.